The first-order valence-electron chi connectivity index (χ1n) is 5.44. The van der Waals surface area contributed by atoms with E-state index < -0.39 is 0 Å². The number of nitrogens with one attached hydrogen (secondary N) is 2. The Morgan fingerprint density at radius 3 is 3.06 bits per heavy atom. The summed E-state index contributed by atoms with van der Waals surface area (Å²) in [5.41, 5.74) is 2.15. The van der Waals surface area contributed by atoms with Gasteiger partial charge in [0.15, 0.2) is 0 Å². The molecular formula is C12H16N2OS. The molecule has 2 rings (SSSR count). The van der Waals surface area contributed by atoms with Gasteiger partial charge in [-0.2, -0.15) is 0 Å². The van der Waals surface area contributed by atoms with Crippen molar-refractivity contribution in [3.05, 3.63) is 23.8 Å². The van der Waals surface area contributed by atoms with Gasteiger partial charge in [0.05, 0.1) is 11.4 Å². The van der Waals surface area contributed by atoms with Gasteiger partial charge in [0.1, 0.15) is 0 Å². The smallest absolute Gasteiger partial charge is 0.234 e. The van der Waals surface area contributed by atoms with Crippen LogP contribution in [0.25, 0.3) is 0 Å². The van der Waals surface area contributed by atoms with E-state index in [1.165, 1.54) is 5.56 Å². The van der Waals surface area contributed by atoms with Gasteiger partial charge < -0.3 is 10.6 Å². The van der Waals surface area contributed by atoms with Gasteiger partial charge in [-0.05, 0) is 17.7 Å². The molecular weight excluding hydrogens is 220 g/mol. The molecule has 1 aromatic carbocycles. The number of hydrogen-bond donors (Lipinski definition) is 2. The molecule has 0 aromatic heterocycles. The van der Waals surface area contributed by atoms with Crippen molar-refractivity contribution in [3.8, 4) is 0 Å². The first-order chi connectivity index (χ1) is 7.65. The maximum Gasteiger partial charge on any atom is 0.234 e. The Morgan fingerprint density at radius 2 is 2.31 bits per heavy atom. The number of hydrogen-bond acceptors (Lipinski definition) is 3. The number of carbonyl (C=O) groups is 1. The molecule has 0 unspecified atom stereocenters. The number of carbonyl (C=O) groups excluding carboxylic acids is 1. The van der Waals surface area contributed by atoms with Crippen LogP contribution in [-0.4, -0.2) is 17.7 Å². The van der Waals surface area contributed by atoms with E-state index in [9.17, 15) is 4.79 Å². The van der Waals surface area contributed by atoms with E-state index in [4.69, 9.17) is 0 Å². The van der Waals surface area contributed by atoms with E-state index in [0.29, 0.717) is 11.8 Å². The molecule has 2 N–H and O–H groups in total. The van der Waals surface area contributed by atoms with Crippen molar-refractivity contribution in [2.24, 2.45) is 0 Å². The molecule has 16 heavy (non-hydrogen) atoms. The van der Waals surface area contributed by atoms with Crippen LogP contribution in [0.2, 0.25) is 0 Å². The Labute approximate surface area is 100.0 Å². The second kappa shape index (κ2) is 4.89. The molecule has 0 atom stereocenters. The van der Waals surface area contributed by atoms with Crippen LogP contribution >= 0.6 is 11.8 Å². The molecule has 0 spiro atoms. The van der Waals surface area contributed by atoms with Crippen molar-refractivity contribution < 1.29 is 4.79 Å². The molecule has 1 heterocycles. The molecule has 1 amide bonds. The Hall–Kier alpha value is -1.000. The summed E-state index contributed by atoms with van der Waals surface area (Å²) < 4.78 is 0. The highest BCUT2D eigenvalue weighted by Crippen LogP contribution is 2.31. The lowest BCUT2D eigenvalue weighted by molar-refractivity contribution is -0.113. The summed E-state index contributed by atoms with van der Waals surface area (Å²) in [5, 5.41) is 6.26. The molecule has 0 saturated heterocycles. The second-order valence-electron chi connectivity index (χ2n) is 4.20. The van der Waals surface area contributed by atoms with Gasteiger partial charge in [-0.1, -0.05) is 19.9 Å². The molecule has 1 aliphatic heterocycles. The number of anilines is 1. The zero-order valence-electron chi connectivity index (χ0n) is 9.54. The van der Waals surface area contributed by atoms with Crippen LogP contribution in [0.3, 0.4) is 0 Å². The predicted octanol–water partition coefficient (Wildman–Crippen LogP) is 2.23. The van der Waals surface area contributed by atoms with Crippen LogP contribution in [0.15, 0.2) is 23.1 Å². The lowest BCUT2D eigenvalue weighted by Gasteiger charge is -2.17. The fourth-order valence-corrected chi connectivity index (χ4v) is 2.35. The zero-order valence-corrected chi connectivity index (χ0v) is 10.4. The van der Waals surface area contributed by atoms with E-state index in [0.717, 1.165) is 17.1 Å². The van der Waals surface area contributed by atoms with Crippen molar-refractivity contribution in [2.75, 3.05) is 11.1 Å². The third-order valence-corrected chi connectivity index (χ3v) is 3.46. The number of thioether (sulfide) groups is 1. The highest BCUT2D eigenvalue weighted by Gasteiger charge is 2.15. The average molecular weight is 236 g/mol. The molecule has 0 saturated carbocycles. The highest BCUT2D eigenvalue weighted by atomic mass is 32.2. The molecule has 0 fully saturated rings. The van der Waals surface area contributed by atoms with E-state index in [-0.39, 0.29) is 5.91 Å². The van der Waals surface area contributed by atoms with Gasteiger partial charge in [-0.25, -0.2) is 0 Å². The van der Waals surface area contributed by atoms with Crippen molar-refractivity contribution in [2.45, 2.75) is 31.3 Å². The van der Waals surface area contributed by atoms with Crippen LogP contribution in [0, 0.1) is 0 Å². The second-order valence-corrected chi connectivity index (χ2v) is 5.22. The van der Waals surface area contributed by atoms with Crippen LogP contribution in [0.5, 0.6) is 0 Å². The summed E-state index contributed by atoms with van der Waals surface area (Å²) in [4.78, 5) is 12.4. The van der Waals surface area contributed by atoms with E-state index in [1.807, 2.05) is 0 Å². The Bertz CT molecular complexity index is 404. The molecule has 86 valence electrons. The minimum Gasteiger partial charge on any atom is -0.324 e. The van der Waals surface area contributed by atoms with Gasteiger partial charge >= 0.3 is 0 Å². The fraction of sp³-hybridized carbons (Fsp3) is 0.417. The summed E-state index contributed by atoms with van der Waals surface area (Å²) in [6.45, 7) is 5.08. The largest absolute Gasteiger partial charge is 0.324 e. The summed E-state index contributed by atoms with van der Waals surface area (Å²) in [6.07, 6.45) is 0. The normalized spacial score (nSPS) is 14.8. The van der Waals surface area contributed by atoms with E-state index >= 15 is 0 Å². The minimum atomic E-state index is 0.0893. The zero-order chi connectivity index (χ0) is 11.5. The summed E-state index contributed by atoms with van der Waals surface area (Å²) >= 11 is 1.60. The number of fused-ring (bicyclic) bond motifs is 1. The number of benzene rings is 1. The van der Waals surface area contributed by atoms with Crippen LogP contribution in [0.1, 0.15) is 19.4 Å². The van der Waals surface area contributed by atoms with E-state index in [1.54, 1.807) is 11.8 Å². The number of amides is 1. The van der Waals surface area contributed by atoms with Crippen molar-refractivity contribution in [1.82, 2.24) is 5.32 Å². The lowest BCUT2D eigenvalue weighted by atomic mass is 10.2. The fourth-order valence-electron chi connectivity index (χ4n) is 1.56. The third-order valence-electron chi connectivity index (χ3n) is 2.39. The molecule has 4 heteroatoms. The van der Waals surface area contributed by atoms with Crippen LogP contribution in [0.4, 0.5) is 5.69 Å². The lowest BCUT2D eigenvalue weighted by Crippen LogP contribution is -2.22. The van der Waals surface area contributed by atoms with Gasteiger partial charge in [-0.3, -0.25) is 4.79 Å². The number of rotatable bonds is 3. The SMILES string of the molecule is CC(C)NCc1ccc2c(c1)NC(=O)CS2. The molecule has 0 bridgehead atoms. The molecule has 1 aliphatic rings. The van der Waals surface area contributed by atoms with Gasteiger partial charge in [0.25, 0.3) is 0 Å². The Kier molecular flexibility index (Phi) is 3.51. The first-order valence-corrected chi connectivity index (χ1v) is 6.42. The molecule has 0 radical (unpaired) electrons. The predicted molar refractivity (Wildman–Crippen MR) is 67.8 cm³/mol. The monoisotopic (exact) mass is 236 g/mol. The van der Waals surface area contributed by atoms with Crippen LogP contribution < -0.4 is 10.6 Å². The third kappa shape index (κ3) is 2.77. The molecule has 3 nitrogen and oxygen atoms in total. The van der Waals surface area contributed by atoms with E-state index in [2.05, 4.69) is 42.7 Å². The van der Waals surface area contributed by atoms with Crippen molar-refractivity contribution >= 4 is 23.4 Å². The summed E-state index contributed by atoms with van der Waals surface area (Å²) in [7, 11) is 0. The Morgan fingerprint density at radius 1 is 1.50 bits per heavy atom. The highest BCUT2D eigenvalue weighted by molar-refractivity contribution is 8.00. The first kappa shape index (κ1) is 11.5. The maximum atomic E-state index is 11.3. The van der Waals surface area contributed by atoms with Crippen molar-refractivity contribution in [3.63, 3.8) is 0 Å². The average Bonchev–Trinajstić information content (AvgIpc) is 2.25. The standard InChI is InChI=1S/C12H16N2OS/c1-8(2)13-6-9-3-4-11-10(5-9)14-12(15)7-16-11/h3-5,8,13H,6-7H2,1-2H3,(H,14,15). The van der Waals surface area contributed by atoms with Gasteiger partial charge in [0, 0.05) is 17.5 Å². The summed E-state index contributed by atoms with van der Waals surface area (Å²) in [5.74, 6) is 0.614. The van der Waals surface area contributed by atoms with Gasteiger partial charge in [-0.15, -0.1) is 11.8 Å². The van der Waals surface area contributed by atoms with Gasteiger partial charge in [0.2, 0.25) is 5.91 Å². The minimum absolute atomic E-state index is 0.0893. The van der Waals surface area contributed by atoms with Crippen molar-refractivity contribution in [1.29, 1.82) is 0 Å². The summed E-state index contributed by atoms with van der Waals surface area (Å²) in [6, 6.07) is 6.71. The quantitative estimate of drug-likeness (QED) is 0.845. The van der Waals surface area contributed by atoms with Crippen LogP contribution in [-0.2, 0) is 11.3 Å². The molecule has 0 aliphatic carbocycles. The molecule has 1 aromatic rings. The maximum absolute atomic E-state index is 11.3. The Balaban J connectivity index is 2.12. The topological polar surface area (TPSA) is 41.1 Å².